The van der Waals surface area contributed by atoms with Gasteiger partial charge in [0.1, 0.15) is 5.69 Å². The highest BCUT2D eigenvalue weighted by Gasteiger charge is 2.20. The molecule has 0 saturated heterocycles. The van der Waals surface area contributed by atoms with Crippen LogP contribution in [0.5, 0.6) is 0 Å². The Morgan fingerprint density at radius 1 is 1.21 bits per heavy atom. The third-order valence-corrected chi connectivity index (χ3v) is 3.18. The van der Waals surface area contributed by atoms with Crippen molar-refractivity contribution >= 4 is 16.9 Å². The average Bonchev–Trinajstić information content (AvgIpc) is 2.93. The van der Waals surface area contributed by atoms with Crippen LogP contribution in [0.3, 0.4) is 0 Å². The van der Waals surface area contributed by atoms with Crippen molar-refractivity contribution in [1.82, 2.24) is 20.4 Å². The second-order valence-electron chi connectivity index (χ2n) is 4.41. The van der Waals surface area contributed by atoms with E-state index in [0.29, 0.717) is 16.6 Å². The number of aryl methyl sites for hydroxylation is 2. The maximum absolute atomic E-state index is 11.3. The molecule has 96 valence electrons. The predicted molar refractivity (Wildman–Crippen MR) is 70.1 cm³/mol. The number of hydrogen-bond acceptors (Lipinski definition) is 3. The van der Waals surface area contributed by atoms with Crippen LogP contribution < -0.4 is 0 Å². The number of benzene rings is 1. The fourth-order valence-corrected chi connectivity index (χ4v) is 2.33. The zero-order valence-corrected chi connectivity index (χ0v) is 10.5. The van der Waals surface area contributed by atoms with Crippen LogP contribution in [-0.2, 0) is 0 Å². The van der Waals surface area contributed by atoms with Gasteiger partial charge in [0.2, 0.25) is 0 Å². The lowest BCUT2D eigenvalue weighted by Gasteiger charge is -2.01. The van der Waals surface area contributed by atoms with Gasteiger partial charge in [0, 0.05) is 16.6 Å². The molecule has 0 atom stereocenters. The van der Waals surface area contributed by atoms with Crippen molar-refractivity contribution < 1.29 is 9.90 Å². The molecule has 0 radical (unpaired) electrons. The van der Waals surface area contributed by atoms with Crippen LogP contribution in [0.25, 0.3) is 22.2 Å². The summed E-state index contributed by atoms with van der Waals surface area (Å²) in [5, 5.41) is 24.0. The Kier molecular flexibility index (Phi) is 2.38. The van der Waals surface area contributed by atoms with Gasteiger partial charge in [-0.1, -0.05) is 6.07 Å². The molecule has 3 aromatic rings. The number of carboxylic acids is 1. The Labute approximate surface area is 108 Å². The van der Waals surface area contributed by atoms with Gasteiger partial charge in [-0.15, -0.1) is 0 Å². The number of aromatic nitrogens is 4. The number of nitrogens with zero attached hydrogens (tertiary/aromatic N) is 2. The number of carboxylic acid groups (broad SMARTS) is 1. The monoisotopic (exact) mass is 256 g/mol. The van der Waals surface area contributed by atoms with Gasteiger partial charge < -0.3 is 5.11 Å². The van der Waals surface area contributed by atoms with Crippen molar-refractivity contribution in [3.05, 3.63) is 35.2 Å². The van der Waals surface area contributed by atoms with E-state index in [9.17, 15) is 9.90 Å². The number of hydrogen-bond donors (Lipinski definition) is 3. The van der Waals surface area contributed by atoms with Crippen molar-refractivity contribution in [2.45, 2.75) is 13.8 Å². The smallest absolute Gasteiger partial charge is 0.336 e. The lowest BCUT2D eigenvalue weighted by molar-refractivity contribution is 0.0699. The summed E-state index contributed by atoms with van der Waals surface area (Å²) in [6, 6.07) is 5.08. The summed E-state index contributed by atoms with van der Waals surface area (Å²) in [7, 11) is 0. The van der Waals surface area contributed by atoms with E-state index in [4.69, 9.17) is 0 Å². The predicted octanol–water partition coefficient (Wildman–Crippen LogP) is 2.27. The van der Waals surface area contributed by atoms with Crippen molar-refractivity contribution in [1.29, 1.82) is 0 Å². The molecular formula is C13H12N4O2. The molecule has 19 heavy (non-hydrogen) atoms. The molecular weight excluding hydrogens is 244 g/mol. The van der Waals surface area contributed by atoms with E-state index >= 15 is 0 Å². The van der Waals surface area contributed by atoms with E-state index in [1.165, 1.54) is 0 Å². The molecule has 0 amide bonds. The van der Waals surface area contributed by atoms with Crippen LogP contribution in [0.2, 0.25) is 0 Å². The molecule has 2 heterocycles. The first-order valence-corrected chi connectivity index (χ1v) is 5.82. The second kappa shape index (κ2) is 3.94. The number of aromatic carboxylic acids is 1. The summed E-state index contributed by atoms with van der Waals surface area (Å²) in [5.74, 6) is -0.966. The molecule has 0 aliphatic carbocycles. The molecule has 0 fully saturated rings. The highest BCUT2D eigenvalue weighted by molar-refractivity contribution is 6.08. The molecule has 0 bridgehead atoms. The summed E-state index contributed by atoms with van der Waals surface area (Å²) in [5.41, 5.74) is 4.07. The quantitative estimate of drug-likeness (QED) is 0.655. The van der Waals surface area contributed by atoms with Gasteiger partial charge in [0.15, 0.2) is 0 Å². The molecule has 1 aromatic carbocycles. The second-order valence-corrected chi connectivity index (χ2v) is 4.41. The summed E-state index contributed by atoms with van der Waals surface area (Å²) < 4.78 is 0. The van der Waals surface area contributed by atoms with E-state index in [2.05, 4.69) is 20.4 Å². The van der Waals surface area contributed by atoms with Crippen molar-refractivity contribution in [2.24, 2.45) is 0 Å². The molecule has 6 heteroatoms. The van der Waals surface area contributed by atoms with E-state index in [-0.39, 0.29) is 5.56 Å². The van der Waals surface area contributed by atoms with Gasteiger partial charge in [0.05, 0.1) is 16.8 Å². The minimum absolute atomic E-state index is 0.237. The average molecular weight is 256 g/mol. The van der Waals surface area contributed by atoms with Gasteiger partial charge in [-0.25, -0.2) is 4.79 Å². The summed E-state index contributed by atoms with van der Waals surface area (Å²) in [6.45, 7) is 3.75. The van der Waals surface area contributed by atoms with Crippen LogP contribution in [-0.4, -0.2) is 31.5 Å². The number of fused-ring (bicyclic) bond motifs is 1. The highest BCUT2D eigenvalue weighted by atomic mass is 16.4. The van der Waals surface area contributed by atoms with Crippen LogP contribution in [0.4, 0.5) is 0 Å². The first-order chi connectivity index (χ1) is 9.09. The Morgan fingerprint density at radius 2 is 2.00 bits per heavy atom. The molecule has 6 nitrogen and oxygen atoms in total. The van der Waals surface area contributed by atoms with Gasteiger partial charge in [-0.05, 0) is 26.0 Å². The van der Waals surface area contributed by atoms with Gasteiger partial charge >= 0.3 is 5.97 Å². The van der Waals surface area contributed by atoms with E-state index in [1.54, 1.807) is 12.1 Å². The summed E-state index contributed by atoms with van der Waals surface area (Å²) in [4.78, 5) is 11.3. The molecule has 0 aliphatic heterocycles. The van der Waals surface area contributed by atoms with Crippen LogP contribution >= 0.6 is 0 Å². The number of nitrogens with one attached hydrogen (secondary N) is 2. The molecule has 2 aromatic heterocycles. The van der Waals surface area contributed by atoms with E-state index in [0.717, 1.165) is 17.0 Å². The minimum atomic E-state index is -0.966. The van der Waals surface area contributed by atoms with Crippen molar-refractivity contribution in [3.8, 4) is 11.3 Å². The number of H-pyrrole nitrogens is 2. The topological polar surface area (TPSA) is 94.7 Å². The Morgan fingerprint density at radius 3 is 2.63 bits per heavy atom. The zero-order valence-electron chi connectivity index (χ0n) is 10.5. The highest BCUT2D eigenvalue weighted by Crippen LogP contribution is 2.32. The SMILES string of the molecule is Cc1n[nH]c(C)c1-c1n[nH]c2cccc(C(=O)O)c12. The van der Waals surface area contributed by atoms with Gasteiger partial charge in [-0.2, -0.15) is 10.2 Å². The molecule has 3 rings (SSSR count). The van der Waals surface area contributed by atoms with Gasteiger partial charge in [0.25, 0.3) is 0 Å². The number of carbonyl (C=O) groups is 1. The van der Waals surface area contributed by atoms with Crippen molar-refractivity contribution in [3.63, 3.8) is 0 Å². The molecule has 0 aliphatic rings. The van der Waals surface area contributed by atoms with Crippen LogP contribution in [0, 0.1) is 13.8 Å². The fourth-order valence-electron chi connectivity index (χ4n) is 2.33. The maximum Gasteiger partial charge on any atom is 0.336 e. The normalized spacial score (nSPS) is 11.1. The Balaban J connectivity index is 2.40. The molecule has 0 saturated carbocycles. The fraction of sp³-hybridized carbons (Fsp3) is 0.154. The summed E-state index contributed by atoms with van der Waals surface area (Å²) >= 11 is 0. The third-order valence-electron chi connectivity index (χ3n) is 3.18. The first kappa shape index (κ1) is 11.5. The number of aromatic amines is 2. The van der Waals surface area contributed by atoms with Crippen LogP contribution in [0.15, 0.2) is 18.2 Å². The van der Waals surface area contributed by atoms with E-state index in [1.807, 2.05) is 19.9 Å². The Hall–Kier alpha value is -2.63. The molecule has 3 N–H and O–H groups in total. The van der Waals surface area contributed by atoms with Crippen molar-refractivity contribution in [2.75, 3.05) is 0 Å². The molecule has 0 unspecified atom stereocenters. The summed E-state index contributed by atoms with van der Waals surface area (Å²) in [6.07, 6.45) is 0. The van der Waals surface area contributed by atoms with Gasteiger partial charge in [-0.3, -0.25) is 10.2 Å². The zero-order chi connectivity index (χ0) is 13.6. The number of rotatable bonds is 2. The standard InChI is InChI=1S/C13H12N4O2/c1-6-10(7(2)15-14-6)12-11-8(13(18)19)4-3-5-9(11)16-17-12/h3-5H,1-2H3,(H,14,15)(H,16,17)(H,18,19). The lowest BCUT2D eigenvalue weighted by Crippen LogP contribution is -1.97. The lowest BCUT2D eigenvalue weighted by atomic mass is 10.0. The Bertz CT molecular complexity index is 766. The molecule has 0 spiro atoms. The largest absolute Gasteiger partial charge is 0.478 e. The third kappa shape index (κ3) is 1.61. The minimum Gasteiger partial charge on any atom is -0.478 e. The van der Waals surface area contributed by atoms with Crippen LogP contribution in [0.1, 0.15) is 21.7 Å². The maximum atomic E-state index is 11.3. The first-order valence-electron chi connectivity index (χ1n) is 5.82. The van der Waals surface area contributed by atoms with E-state index < -0.39 is 5.97 Å².